The van der Waals surface area contributed by atoms with Gasteiger partial charge in [-0.3, -0.25) is 0 Å². The Labute approximate surface area is 102 Å². The number of hydrogen-bond acceptors (Lipinski definition) is 4. The molecular formula is C13H20N2O2. The van der Waals surface area contributed by atoms with E-state index < -0.39 is 0 Å². The van der Waals surface area contributed by atoms with E-state index in [1.54, 1.807) is 7.11 Å². The van der Waals surface area contributed by atoms with Gasteiger partial charge in [0.2, 0.25) is 0 Å². The Morgan fingerprint density at radius 3 is 2.65 bits per heavy atom. The van der Waals surface area contributed by atoms with Crippen LogP contribution in [-0.2, 0) is 9.47 Å². The molecule has 0 spiro atoms. The molecule has 0 saturated carbocycles. The van der Waals surface area contributed by atoms with Crippen molar-refractivity contribution in [3.05, 3.63) is 35.9 Å². The van der Waals surface area contributed by atoms with Gasteiger partial charge < -0.3 is 9.47 Å². The van der Waals surface area contributed by atoms with Gasteiger partial charge in [0, 0.05) is 20.2 Å². The lowest BCUT2D eigenvalue weighted by atomic mass is 10.1. The number of benzene rings is 1. The van der Waals surface area contributed by atoms with E-state index >= 15 is 0 Å². The molecule has 0 radical (unpaired) electrons. The summed E-state index contributed by atoms with van der Waals surface area (Å²) in [6.07, 6.45) is 0. The second-order valence-corrected chi connectivity index (χ2v) is 4.15. The predicted molar refractivity (Wildman–Crippen MR) is 66.6 cm³/mol. The highest BCUT2D eigenvalue weighted by molar-refractivity contribution is 5.18. The standard InChI is InChI=1S/C13H20N2O2/c1-16-11-13(12-5-3-2-4-6-12)14-15-7-9-17-10-8-15/h2-6,13-14H,7-11H2,1H3. The van der Waals surface area contributed by atoms with E-state index in [4.69, 9.17) is 9.47 Å². The molecular weight excluding hydrogens is 216 g/mol. The van der Waals surface area contributed by atoms with Crippen LogP contribution in [0.15, 0.2) is 30.3 Å². The van der Waals surface area contributed by atoms with Crippen molar-refractivity contribution in [1.29, 1.82) is 0 Å². The molecule has 1 aromatic rings. The fourth-order valence-electron chi connectivity index (χ4n) is 1.97. The smallest absolute Gasteiger partial charge is 0.0698 e. The number of hydrogen-bond donors (Lipinski definition) is 1. The van der Waals surface area contributed by atoms with E-state index in [0.29, 0.717) is 6.61 Å². The summed E-state index contributed by atoms with van der Waals surface area (Å²) in [4.78, 5) is 0. The van der Waals surface area contributed by atoms with Crippen LogP contribution in [0.3, 0.4) is 0 Å². The Bertz CT molecular complexity index is 312. The van der Waals surface area contributed by atoms with E-state index in [0.717, 1.165) is 26.3 Å². The largest absolute Gasteiger partial charge is 0.383 e. The Morgan fingerprint density at radius 1 is 1.29 bits per heavy atom. The molecule has 0 aliphatic carbocycles. The molecule has 1 heterocycles. The van der Waals surface area contributed by atoms with Crippen LogP contribution < -0.4 is 5.43 Å². The maximum atomic E-state index is 5.33. The summed E-state index contributed by atoms with van der Waals surface area (Å²) in [5, 5.41) is 2.21. The van der Waals surface area contributed by atoms with E-state index in [9.17, 15) is 0 Å². The van der Waals surface area contributed by atoms with Gasteiger partial charge in [0.1, 0.15) is 0 Å². The van der Waals surface area contributed by atoms with Crippen molar-refractivity contribution < 1.29 is 9.47 Å². The average molecular weight is 236 g/mol. The number of ether oxygens (including phenoxy) is 2. The topological polar surface area (TPSA) is 33.7 Å². The van der Waals surface area contributed by atoms with Crippen LogP contribution in [-0.4, -0.2) is 45.0 Å². The predicted octanol–water partition coefficient (Wildman–Crippen LogP) is 1.21. The molecule has 1 aromatic carbocycles. The summed E-state index contributed by atoms with van der Waals surface area (Å²) in [6, 6.07) is 10.6. The third kappa shape index (κ3) is 3.78. The van der Waals surface area contributed by atoms with Crippen LogP contribution >= 0.6 is 0 Å². The quantitative estimate of drug-likeness (QED) is 0.833. The van der Waals surface area contributed by atoms with Crippen LogP contribution in [0, 0.1) is 0 Å². The monoisotopic (exact) mass is 236 g/mol. The molecule has 2 rings (SSSR count). The number of nitrogens with zero attached hydrogens (tertiary/aromatic N) is 1. The molecule has 4 nitrogen and oxygen atoms in total. The summed E-state index contributed by atoms with van der Waals surface area (Å²) >= 11 is 0. The zero-order valence-corrected chi connectivity index (χ0v) is 10.3. The molecule has 1 saturated heterocycles. The first-order valence-electron chi connectivity index (χ1n) is 6.03. The molecule has 0 amide bonds. The molecule has 4 heteroatoms. The number of hydrazine groups is 1. The maximum Gasteiger partial charge on any atom is 0.0698 e. The highest BCUT2D eigenvalue weighted by Crippen LogP contribution is 2.13. The van der Waals surface area contributed by atoms with Crippen molar-refractivity contribution in [2.24, 2.45) is 0 Å². The first-order chi connectivity index (χ1) is 8.40. The highest BCUT2D eigenvalue weighted by atomic mass is 16.5. The third-order valence-electron chi connectivity index (χ3n) is 2.88. The number of methoxy groups -OCH3 is 1. The Morgan fingerprint density at radius 2 is 2.00 bits per heavy atom. The van der Waals surface area contributed by atoms with Gasteiger partial charge in [-0.25, -0.2) is 10.4 Å². The Balaban J connectivity index is 1.96. The van der Waals surface area contributed by atoms with Gasteiger partial charge in [-0.1, -0.05) is 30.3 Å². The van der Waals surface area contributed by atoms with E-state index in [-0.39, 0.29) is 6.04 Å². The molecule has 1 fully saturated rings. The SMILES string of the molecule is COCC(NN1CCOCC1)c1ccccc1. The molecule has 1 unspecified atom stereocenters. The fourth-order valence-corrected chi connectivity index (χ4v) is 1.97. The van der Waals surface area contributed by atoms with Gasteiger partial charge in [-0.05, 0) is 5.56 Å². The summed E-state index contributed by atoms with van der Waals surface area (Å²) in [6.45, 7) is 4.10. The van der Waals surface area contributed by atoms with Crippen LogP contribution in [0.1, 0.15) is 11.6 Å². The maximum absolute atomic E-state index is 5.33. The van der Waals surface area contributed by atoms with Gasteiger partial charge in [0.25, 0.3) is 0 Å². The van der Waals surface area contributed by atoms with Crippen LogP contribution in [0.25, 0.3) is 0 Å². The van der Waals surface area contributed by atoms with Crippen LogP contribution in [0.2, 0.25) is 0 Å². The lowest BCUT2D eigenvalue weighted by Gasteiger charge is -2.31. The van der Waals surface area contributed by atoms with Gasteiger partial charge in [-0.15, -0.1) is 0 Å². The van der Waals surface area contributed by atoms with Gasteiger partial charge in [0.15, 0.2) is 0 Å². The third-order valence-corrected chi connectivity index (χ3v) is 2.88. The first kappa shape index (κ1) is 12.5. The Kier molecular flexibility index (Phi) is 4.94. The number of morpholine rings is 1. The lowest BCUT2D eigenvalue weighted by Crippen LogP contribution is -2.48. The second-order valence-electron chi connectivity index (χ2n) is 4.15. The molecule has 1 aliphatic heterocycles. The molecule has 1 N–H and O–H groups in total. The minimum atomic E-state index is 0.208. The Hall–Kier alpha value is -0.940. The van der Waals surface area contributed by atoms with E-state index in [1.807, 2.05) is 6.07 Å². The molecule has 94 valence electrons. The minimum Gasteiger partial charge on any atom is -0.383 e. The van der Waals surface area contributed by atoms with Crippen molar-refractivity contribution >= 4 is 0 Å². The first-order valence-corrected chi connectivity index (χ1v) is 6.03. The van der Waals surface area contributed by atoms with Crippen molar-refractivity contribution in [3.63, 3.8) is 0 Å². The summed E-state index contributed by atoms with van der Waals surface area (Å²) in [5.74, 6) is 0. The average Bonchev–Trinajstić information content (AvgIpc) is 2.40. The zero-order chi connectivity index (χ0) is 11.9. The normalized spacial score (nSPS) is 19.1. The highest BCUT2D eigenvalue weighted by Gasteiger charge is 2.16. The van der Waals surface area contributed by atoms with Crippen molar-refractivity contribution in [3.8, 4) is 0 Å². The summed E-state index contributed by atoms with van der Waals surface area (Å²) in [5.41, 5.74) is 4.75. The summed E-state index contributed by atoms with van der Waals surface area (Å²) in [7, 11) is 1.73. The molecule has 0 aromatic heterocycles. The van der Waals surface area contributed by atoms with Crippen molar-refractivity contribution in [2.45, 2.75) is 6.04 Å². The lowest BCUT2D eigenvalue weighted by molar-refractivity contribution is -0.00488. The van der Waals surface area contributed by atoms with Gasteiger partial charge in [0.05, 0.1) is 25.9 Å². The van der Waals surface area contributed by atoms with E-state index in [2.05, 4.69) is 34.7 Å². The molecule has 17 heavy (non-hydrogen) atoms. The fraction of sp³-hybridized carbons (Fsp3) is 0.538. The second kappa shape index (κ2) is 6.71. The number of nitrogens with one attached hydrogen (secondary N) is 1. The molecule has 1 aliphatic rings. The van der Waals surface area contributed by atoms with Crippen LogP contribution in [0.5, 0.6) is 0 Å². The zero-order valence-electron chi connectivity index (χ0n) is 10.3. The number of rotatable bonds is 5. The van der Waals surface area contributed by atoms with Gasteiger partial charge >= 0.3 is 0 Å². The van der Waals surface area contributed by atoms with Crippen LogP contribution in [0.4, 0.5) is 0 Å². The van der Waals surface area contributed by atoms with Crippen molar-refractivity contribution in [2.75, 3.05) is 40.0 Å². The van der Waals surface area contributed by atoms with E-state index in [1.165, 1.54) is 5.56 Å². The van der Waals surface area contributed by atoms with Crippen molar-refractivity contribution in [1.82, 2.24) is 10.4 Å². The molecule has 0 bridgehead atoms. The minimum absolute atomic E-state index is 0.208. The molecule has 1 atom stereocenters. The summed E-state index contributed by atoms with van der Waals surface area (Å²) < 4.78 is 10.6. The van der Waals surface area contributed by atoms with Gasteiger partial charge in [-0.2, -0.15) is 0 Å².